The minimum Gasteiger partial charge on any atom is -0.0616 e. The molecule has 0 amide bonds. The van der Waals surface area contributed by atoms with E-state index in [9.17, 15) is 0 Å². The molecule has 0 spiro atoms. The molecule has 0 saturated heterocycles. The molecule has 4 aromatic carbocycles. The van der Waals surface area contributed by atoms with Crippen LogP contribution in [-0.4, -0.2) is 6.01 Å². The van der Waals surface area contributed by atoms with E-state index in [0.717, 1.165) is 0 Å². The van der Waals surface area contributed by atoms with Gasteiger partial charge < -0.3 is 0 Å². The van der Waals surface area contributed by atoms with Crippen molar-refractivity contribution in [2.75, 3.05) is 0 Å². The van der Waals surface area contributed by atoms with Crippen molar-refractivity contribution in [2.45, 2.75) is 79.1 Å². The molecule has 1 aliphatic rings. The number of hydrogen-bond acceptors (Lipinski definition) is 0. The van der Waals surface area contributed by atoms with Gasteiger partial charge in [-0.25, -0.2) is 0 Å². The van der Waals surface area contributed by atoms with Crippen LogP contribution in [-0.2, 0) is 0 Å². The molecule has 0 aliphatic carbocycles. The number of benzene rings is 4. The Morgan fingerprint density at radius 3 is 1.41 bits per heavy atom. The second-order valence-electron chi connectivity index (χ2n) is 11.6. The standard InChI is InChI=1S/C35H40N2/c1-22(2)27-15-11-16-28(23(3)4)33(27)36-21-37(34-29(24(5)6)17-12-18-30(34)25(7)8)35-31-14-10-9-13-26(31)19-20-32(35)36/h9-20,22-25H,1-8H3/q+2. The van der Waals surface area contributed by atoms with Crippen LogP contribution in [0.2, 0.25) is 0 Å². The molecule has 5 rings (SSSR count). The van der Waals surface area contributed by atoms with E-state index in [1.165, 1.54) is 55.8 Å². The smallest absolute Gasteiger partial charge is 0.0616 e. The highest BCUT2D eigenvalue weighted by atomic mass is 15.2. The molecule has 2 heteroatoms. The summed E-state index contributed by atoms with van der Waals surface area (Å²) in [5.41, 5.74) is 10.4. The van der Waals surface area contributed by atoms with E-state index in [4.69, 9.17) is 0 Å². The first-order valence-electron chi connectivity index (χ1n) is 13.8. The lowest BCUT2D eigenvalue weighted by molar-refractivity contribution is 0.815. The summed E-state index contributed by atoms with van der Waals surface area (Å²) in [5.74, 6) is 1.61. The maximum Gasteiger partial charge on any atom is 0.503 e. The van der Waals surface area contributed by atoms with Crippen LogP contribution in [0, 0.1) is 0 Å². The van der Waals surface area contributed by atoms with Gasteiger partial charge in [0.15, 0.2) is 0 Å². The Bertz CT molecular complexity index is 1510. The van der Waals surface area contributed by atoms with Crippen molar-refractivity contribution in [1.82, 2.24) is 9.15 Å². The quantitative estimate of drug-likeness (QED) is 0.210. The molecule has 0 aromatic heterocycles. The van der Waals surface area contributed by atoms with Gasteiger partial charge in [-0.2, -0.15) is 0 Å². The van der Waals surface area contributed by atoms with Gasteiger partial charge in [0.2, 0.25) is 11.4 Å². The largest absolute Gasteiger partial charge is 0.503 e. The van der Waals surface area contributed by atoms with Gasteiger partial charge in [0.1, 0.15) is 0 Å². The van der Waals surface area contributed by atoms with E-state index in [1.54, 1.807) is 0 Å². The first-order chi connectivity index (χ1) is 17.7. The molecule has 37 heavy (non-hydrogen) atoms. The van der Waals surface area contributed by atoms with E-state index >= 15 is 0 Å². The van der Waals surface area contributed by atoms with Gasteiger partial charge in [0.25, 0.3) is 5.69 Å². The van der Waals surface area contributed by atoms with Crippen LogP contribution in [0.5, 0.6) is 0 Å². The zero-order valence-electron chi connectivity index (χ0n) is 23.6. The first-order valence-corrected chi connectivity index (χ1v) is 13.8. The van der Waals surface area contributed by atoms with Gasteiger partial charge in [0.05, 0.1) is 5.39 Å². The molecule has 0 bridgehead atoms. The maximum atomic E-state index is 3.93. The molecule has 0 unspecified atom stereocenters. The Kier molecular flexibility index (Phi) is 6.65. The summed E-state index contributed by atoms with van der Waals surface area (Å²) >= 11 is 0. The van der Waals surface area contributed by atoms with Gasteiger partial charge in [-0.15, -0.1) is 0 Å². The molecule has 4 aromatic rings. The van der Waals surface area contributed by atoms with E-state index < -0.39 is 0 Å². The highest BCUT2D eigenvalue weighted by Crippen LogP contribution is 2.47. The molecule has 1 aliphatic heterocycles. The molecule has 0 saturated carbocycles. The summed E-state index contributed by atoms with van der Waals surface area (Å²) in [4.78, 5) is 0. The molecule has 0 atom stereocenters. The Morgan fingerprint density at radius 1 is 0.459 bits per heavy atom. The number of rotatable bonds is 6. The van der Waals surface area contributed by atoms with Crippen molar-refractivity contribution in [3.8, 4) is 0 Å². The Balaban J connectivity index is 1.98. The van der Waals surface area contributed by atoms with E-state index in [1.807, 2.05) is 0 Å². The highest BCUT2D eigenvalue weighted by molar-refractivity contribution is 6.04. The van der Waals surface area contributed by atoms with E-state index in [0.29, 0.717) is 23.7 Å². The van der Waals surface area contributed by atoms with Crippen molar-refractivity contribution >= 4 is 39.5 Å². The topological polar surface area (TPSA) is 6.02 Å². The average molecular weight is 489 g/mol. The zero-order chi connectivity index (χ0) is 26.4. The maximum absolute atomic E-state index is 3.93. The zero-order valence-corrected chi connectivity index (χ0v) is 23.6. The van der Waals surface area contributed by atoms with Crippen molar-refractivity contribution in [1.29, 1.82) is 0 Å². The van der Waals surface area contributed by atoms with Crippen LogP contribution in [0.1, 0.15) is 101 Å². The normalized spacial score (nSPS) is 13.2. The molecule has 2 nitrogen and oxygen atoms in total. The van der Waals surface area contributed by atoms with Crippen molar-refractivity contribution in [3.63, 3.8) is 0 Å². The first kappa shape index (κ1) is 25.2. The Morgan fingerprint density at radius 2 is 0.919 bits per heavy atom. The van der Waals surface area contributed by atoms with Gasteiger partial charge in [-0.05, 0) is 50.3 Å². The van der Waals surface area contributed by atoms with Crippen LogP contribution < -0.4 is 9.15 Å². The fraction of sp³-hybridized carbons (Fsp3) is 0.343. The second-order valence-corrected chi connectivity index (χ2v) is 11.6. The number of hydrogen-bond donors (Lipinski definition) is 0. The summed E-state index contributed by atoms with van der Waals surface area (Å²) in [5, 5.41) is 2.51. The van der Waals surface area contributed by atoms with E-state index in [2.05, 4.69) is 143 Å². The summed E-state index contributed by atoms with van der Waals surface area (Å²) < 4.78 is 4.73. The van der Waals surface area contributed by atoms with Crippen LogP contribution in [0.4, 0.5) is 22.7 Å². The minimum absolute atomic E-state index is 0.400. The third kappa shape index (κ3) is 4.24. The van der Waals surface area contributed by atoms with Crippen LogP contribution in [0.15, 0.2) is 72.8 Å². The molecule has 188 valence electrons. The summed E-state index contributed by atoms with van der Waals surface area (Å²) in [6.45, 7) is 18.4. The Labute approximate surface area is 222 Å². The lowest BCUT2D eigenvalue weighted by Gasteiger charge is -2.14. The van der Waals surface area contributed by atoms with Crippen LogP contribution in [0.25, 0.3) is 10.8 Å². The van der Waals surface area contributed by atoms with Crippen molar-refractivity contribution in [2.24, 2.45) is 0 Å². The third-order valence-electron chi connectivity index (χ3n) is 7.68. The molecule has 0 radical (unpaired) electrons. The monoisotopic (exact) mass is 488 g/mol. The minimum atomic E-state index is 0.400. The molecular formula is C35H40N2+2. The predicted octanol–water partition coefficient (Wildman–Crippen LogP) is 10.2. The van der Waals surface area contributed by atoms with Gasteiger partial charge in [0, 0.05) is 28.3 Å². The van der Waals surface area contributed by atoms with Crippen molar-refractivity contribution in [3.05, 3.63) is 95.1 Å². The van der Waals surface area contributed by atoms with Gasteiger partial charge in [-0.3, -0.25) is 0 Å². The fourth-order valence-corrected chi connectivity index (χ4v) is 5.74. The third-order valence-corrected chi connectivity index (χ3v) is 7.68. The number of fused-ring (bicyclic) bond motifs is 3. The van der Waals surface area contributed by atoms with E-state index in [-0.39, 0.29) is 0 Å². The van der Waals surface area contributed by atoms with Gasteiger partial charge in [-0.1, -0.05) is 110 Å². The highest BCUT2D eigenvalue weighted by Gasteiger charge is 2.43. The number of nitrogens with zero attached hydrogens (tertiary/aromatic N) is 2. The molecule has 0 N–H and O–H groups in total. The summed E-state index contributed by atoms with van der Waals surface area (Å²) in [7, 11) is 0. The van der Waals surface area contributed by atoms with Gasteiger partial charge >= 0.3 is 11.7 Å². The molecule has 1 heterocycles. The predicted molar refractivity (Wildman–Crippen MR) is 161 cm³/mol. The van der Waals surface area contributed by atoms with Crippen molar-refractivity contribution < 1.29 is 0 Å². The van der Waals surface area contributed by atoms with Crippen LogP contribution in [0.3, 0.4) is 0 Å². The fourth-order valence-electron chi connectivity index (χ4n) is 5.74. The summed E-state index contributed by atoms with van der Waals surface area (Å²) in [6, 6.07) is 30.9. The lowest BCUT2D eigenvalue weighted by Crippen LogP contribution is -2.10. The average Bonchev–Trinajstić information content (AvgIpc) is 3.27. The number of para-hydroxylation sites is 2. The molecule has 0 fully saturated rings. The SMILES string of the molecule is CC(C)c1cccc(C(C)C)c1[N+]1=C=[N+](c2c(C(C)C)cccc2C(C)C)c2c1ccc1ccccc21. The Hall–Kier alpha value is -3.48. The second kappa shape index (κ2) is 9.77. The van der Waals surface area contributed by atoms with Crippen LogP contribution >= 0.6 is 0 Å². The lowest BCUT2D eigenvalue weighted by atomic mass is 9.91. The summed E-state index contributed by atoms with van der Waals surface area (Å²) in [6.07, 6.45) is 0. The molecular weight excluding hydrogens is 448 g/mol.